The van der Waals surface area contributed by atoms with Gasteiger partial charge in [0.25, 0.3) is 0 Å². The molecule has 3 aromatic rings. The molecule has 1 aromatic heterocycles. The van der Waals surface area contributed by atoms with E-state index in [-0.39, 0.29) is 18.0 Å². The fourth-order valence-electron chi connectivity index (χ4n) is 2.10. The van der Waals surface area contributed by atoms with Crippen molar-refractivity contribution in [2.24, 2.45) is 0 Å². The molecule has 0 aliphatic heterocycles. The molecule has 0 fully saturated rings. The van der Waals surface area contributed by atoms with Crippen LogP contribution in [-0.2, 0) is 6.42 Å². The first-order chi connectivity index (χ1) is 10.0. The van der Waals surface area contributed by atoms with Crippen molar-refractivity contribution >= 4 is 43.1 Å². The highest BCUT2D eigenvalue weighted by Crippen LogP contribution is 2.28. The van der Waals surface area contributed by atoms with Crippen molar-refractivity contribution < 1.29 is 13.6 Å². The quantitative estimate of drug-likeness (QED) is 0.569. The lowest BCUT2D eigenvalue weighted by molar-refractivity contribution is 0.0996. The van der Waals surface area contributed by atoms with E-state index in [0.29, 0.717) is 20.3 Å². The number of thiophene rings is 1. The predicted molar refractivity (Wildman–Crippen MR) is 83.9 cm³/mol. The Balaban J connectivity index is 1.91. The zero-order valence-corrected chi connectivity index (χ0v) is 13.1. The third kappa shape index (κ3) is 2.89. The molecular formula is C16H9BrF2OS. The molecule has 21 heavy (non-hydrogen) atoms. The van der Waals surface area contributed by atoms with Gasteiger partial charge in [0.15, 0.2) is 5.78 Å². The number of carbonyl (C=O) groups is 1. The molecule has 1 nitrogen and oxygen atoms in total. The van der Waals surface area contributed by atoms with E-state index < -0.39 is 5.82 Å². The van der Waals surface area contributed by atoms with Crippen LogP contribution in [0.2, 0.25) is 0 Å². The Morgan fingerprint density at radius 2 is 1.95 bits per heavy atom. The Hall–Kier alpha value is -1.59. The summed E-state index contributed by atoms with van der Waals surface area (Å²) in [6, 6.07) is 10.7. The first kappa shape index (κ1) is 14.4. The van der Waals surface area contributed by atoms with Gasteiger partial charge in [0, 0.05) is 11.1 Å². The number of fused-ring (bicyclic) bond motifs is 1. The van der Waals surface area contributed by atoms with Gasteiger partial charge in [-0.3, -0.25) is 4.79 Å². The van der Waals surface area contributed by atoms with Crippen LogP contribution in [0.25, 0.3) is 10.1 Å². The van der Waals surface area contributed by atoms with Crippen LogP contribution in [0, 0.1) is 11.6 Å². The molecule has 0 spiro atoms. The van der Waals surface area contributed by atoms with Crippen molar-refractivity contribution in [3.63, 3.8) is 0 Å². The van der Waals surface area contributed by atoms with Gasteiger partial charge in [-0.25, -0.2) is 8.78 Å². The van der Waals surface area contributed by atoms with E-state index in [1.807, 2.05) is 0 Å². The molecule has 0 atom stereocenters. The Labute approximate surface area is 132 Å². The maximum atomic E-state index is 13.4. The van der Waals surface area contributed by atoms with Gasteiger partial charge in [-0.05, 0) is 57.2 Å². The van der Waals surface area contributed by atoms with Crippen LogP contribution >= 0.6 is 27.3 Å². The molecule has 0 saturated heterocycles. The van der Waals surface area contributed by atoms with Gasteiger partial charge in [-0.15, -0.1) is 11.3 Å². The van der Waals surface area contributed by atoms with Gasteiger partial charge in [0.2, 0.25) is 0 Å². The number of Topliss-reactive ketones (excluding diaryl/α,β-unsaturated/α-hetero) is 1. The molecule has 0 N–H and O–H groups in total. The predicted octanol–water partition coefficient (Wildman–Crippen LogP) is 5.37. The fraction of sp³-hybridized carbons (Fsp3) is 0.0625. The summed E-state index contributed by atoms with van der Waals surface area (Å²) in [5, 5.41) is 0.710. The number of hydrogen-bond donors (Lipinski definition) is 0. The number of rotatable bonds is 3. The number of carbonyl (C=O) groups excluding carboxylic acids is 1. The smallest absolute Gasteiger partial charge is 0.177 e. The summed E-state index contributed by atoms with van der Waals surface area (Å²) in [6.45, 7) is 0. The van der Waals surface area contributed by atoms with Crippen molar-refractivity contribution in [1.82, 2.24) is 0 Å². The molecule has 0 radical (unpaired) electrons. The molecule has 0 aliphatic rings. The SMILES string of the molecule is O=C(Cc1cccc(F)c1Br)c1cc2cc(F)ccc2s1. The van der Waals surface area contributed by atoms with E-state index in [9.17, 15) is 13.6 Å². The summed E-state index contributed by atoms with van der Waals surface area (Å²) < 4.78 is 27.8. The van der Waals surface area contributed by atoms with Crippen LogP contribution in [0.15, 0.2) is 46.9 Å². The minimum atomic E-state index is -0.390. The zero-order valence-electron chi connectivity index (χ0n) is 10.7. The Morgan fingerprint density at radius 1 is 1.14 bits per heavy atom. The Morgan fingerprint density at radius 3 is 2.76 bits per heavy atom. The molecule has 2 aromatic carbocycles. The highest BCUT2D eigenvalue weighted by atomic mass is 79.9. The van der Waals surface area contributed by atoms with Crippen molar-refractivity contribution in [3.05, 3.63) is 69.0 Å². The maximum absolute atomic E-state index is 13.4. The zero-order chi connectivity index (χ0) is 15.0. The van der Waals surface area contributed by atoms with Crippen LogP contribution in [0.1, 0.15) is 15.2 Å². The van der Waals surface area contributed by atoms with Gasteiger partial charge in [0.05, 0.1) is 9.35 Å². The van der Waals surface area contributed by atoms with Crippen LogP contribution in [0.3, 0.4) is 0 Å². The average Bonchev–Trinajstić information content (AvgIpc) is 2.87. The van der Waals surface area contributed by atoms with E-state index in [2.05, 4.69) is 15.9 Å². The lowest BCUT2D eigenvalue weighted by Gasteiger charge is -2.03. The molecular weight excluding hydrogens is 358 g/mol. The molecule has 0 saturated carbocycles. The molecule has 5 heteroatoms. The highest BCUT2D eigenvalue weighted by Gasteiger charge is 2.14. The monoisotopic (exact) mass is 366 g/mol. The van der Waals surface area contributed by atoms with Crippen molar-refractivity contribution in [1.29, 1.82) is 0 Å². The van der Waals surface area contributed by atoms with E-state index in [4.69, 9.17) is 0 Å². The van der Waals surface area contributed by atoms with Crippen LogP contribution in [0.4, 0.5) is 8.78 Å². The third-order valence-corrected chi connectivity index (χ3v) is 5.18. The van der Waals surface area contributed by atoms with Crippen molar-refractivity contribution in [2.45, 2.75) is 6.42 Å². The number of ketones is 1. The van der Waals surface area contributed by atoms with Gasteiger partial charge < -0.3 is 0 Å². The lowest BCUT2D eigenvalue weighted by atomic mass is 10.1. The van der Waals surface area contributed by atoms with E-state index in [1.54, 1.807) is 24.3 Å². The summed E-state index contributed by atoms with van der Waals surface area (Å²) in [5.41, 5.74) is 0.601. The van der Waals surface area contributed by atoms with E-state index in [0.717, 1.165) is 4.70 Å². The van der Waals surface area contributed by atoms with Gasteiger partial charge in [-0.2, -0.15) is 0 Å². The van der Waals surface area contributed by atoms with Gasteiger partial charge in [-0.1, -0.05) is 12.1 Å². The second-order valence-electron chi connectivity index (χ2n) is 4.61. The molecule has 1 heterocycles. The minimum absolute atomic E-state index is 0.105. The number of hydrogen-bond acceptors (Lipinski definition) is 2. The van der Waals surface area contributed by atoms with Crippen molar-refractivity contribution in [2.75, 3.05) is 0 Å². The van der Waals surface area contributed by atoms with Gasteiger partial charge in [0.1, 0.15) is 11.6 Å². The van der Waals surface area contributed by atoms with Gasteiger partial charge >= 0.3 is 0 Å². The summed E-state index contributed by atoms with van der Waals surface area (Å²) in [6.07, 6.45) is 0.105. The second-order valence-corrected chi connectivity index (χ2v) is 6.48. The normalized spacial score (nSPS) is 11.0. The molecule has 106 valence electrons. The van der Waals surface area contributed by atoms with Crippen molar-refractivity contribution in [3.8, 4) is 0 Å². The molecule has 0 aliphatic carbocycles. The van der Waals surface area contributed by atoms with Crippen LogP contribution in [0.5, 0.6) is 0 Å². The topological polar surface area (TPSA) is 17.1 Å². The largest absolute Gasteiger partial charge is 0.293 e. The Kier molecular flexibility index (Phi) is 3.87. The molecule has 0 bridgehead atoms. The molecule has 3 rings (SSSR count). The first-order valence-corrected chi connectivity index (χ1v) is 7.81. The fourth-order valence-corrected chi connectivity index (χ4v) is 3.48. The van der Waals surface area contributed by atoms with Crippen LogP contribution in [-0.4, -0.2) is 5.78 Å². The molecule has 0 amide bonds. The maximum Gasteiger partial charge on any atom is 0.177 e. The molecule has 0 unspecified atom stereocenters. The van der Waals surface area contributed by atoms with E-state index in [1.165, 1.54) is 29.5 Å². The average molecular weight is 367 g/mol. The summed E-state index contributed by atoms with van der Waals surface area (Å²) in [7, 11) is 0. The summed E-state index contributed by atoms with van der Waals surface area (Å²) >= 11 is 4.47. The standard InChI is InChI=1S/C16H9BrF2OS/c17-16-9(2-1-3-12(16)19)7-13(20)15-8-10-6-11(18)4-5-14(10)21-15/h1-6,8H,7H2. The highest BCUT2D eigenvalue weighted by molar-refractivity contribution is 9.10. The summed E-state index contributed by atoms with van der Waals surface area (Å²) in [4.78, 5) is 12.9. The van der Waals surface area contributed by atoms with E-state index >= 15 is 0 Å². The number of halogens is 3. The number of benzene rings is 2. The lowest BCUT2D eigenvalue weighted by Crippen LogP contribution is -2.02. The minimum Gasteiger partial charge on any atom is -0.293 e. The Bertz CT molecular complexity index is 841. The summed E-state index contributed by atoms with van der Waals surface area (Å²) in [5.74, 6) is -0.825. The first-order valence-electron chi connectivity index (χ1n) is 6.20. The third-order valence-electron chi connectivity index (χ3n) is 3.14. The second kappa shape index (κ2) is 5.66. The van der Waals surface area contributed by atoms with Crippen LogP contribution < -0.4 is 0 Å².